The molecule has 2 aromatic carbocycles. The van der Waals surface area contributed by atoms with Crippen LogP contribution in [0.1, 0.15) is 20.7 Å². The summed E-state index contributed by atoms with van der Waals surface area (Å²) in [6, 6.07) is 8.42. The number of amides is 2. The monoisotopic (exact) mass is 406 g/mol. The van der Waals surface area contributed by atoms with E-state index in [0.717, 1.165) is 12.1 Å². The second kappa shape index (κ2) is 9.93. The number of anilines is 1. The van der Waals surface area contributed by atoms with Crippen LogP contribution >= 0.6 is 0 Å². The molecule has 0 saturated carbocycles. The molecule has 2 N–H and O–H groups in total. The highest BCUT2D eigenvalue weighted by Gasteiger charge is 2.16. The minimum Gasteiger partial charge on any atom is -0.465 e. The van der Waals surface area contributed by atoms with E-state index >= 15 is 0 Å². The molecule has 2 amide bonds. The number of benzene rings is 2. The normalized spacial score (nSPS) is 10.0. The second-order valence-electron chi connectivity index (χ2n) is 5.55. The minimum absolute atomic E-state index is 0.114. The van der Waals surface area contributed by atoms with Gasteiger partial charge in [0, 0.05) is 6.07 Å². The lowest BCUT2D eigenvalue weighted by atomic mass is 10.2. The summed E-state index contributed by atoms with van der Waals surface area (Å²) in [4.78, 5) is 47.0. The third-order valence-electron chi connectivity index (χ3n) is 3.54. The van der Waals surface area contributed by atoms with Gasteiger partial charge in [-0.2, -0.15) is 0 Å². The van der Waals surface area contributed by atoms with Gasteiger partial charge in [0.2, 0.25) is 0 Å². The molecule has 0 heterocycles. The average molecular weight is 406 g/mol. The van der Waals surface area contributed by atoms with Crippen molar-refractivity contribution in [2.75, 3.05) is 25.6 Å². The van der Waals surface area contributed by atoms with Crippen LogP contribution < -0.4 is 10.6 Å². The maximum atomic E-state index is 13.5. The zero-order valence-electron chi connectivity index (χ0n) is 15.2. The molecule has 152 valence electrons. The first-order valence-electron chi connectivity index (χ1n) is 8.18. The maximum absolute atomic E-state index is 13.5. The summed E-state index contributed by atoms with van der Waals surface area (Å²) >= 11 is 0. The molecule has 0 atom stereocenters. The van der Waals surface area contributed by atoms with Crippen molar-refractivity contribution >= 4 is 29.4 Å². The summed E-state index contributed by atoms with van der Waals surface area (Å²) in [5, 5.41) is 4.49. The van der Waals surface area contributed by atoms with Crippen LogP contribution in [0.2, 0.25) is 0 Å². The highest BCUT2D eigenvalue weighted by atomic mass is 19.1. The molecule has 0 fully saturated rings. The van der Waals surface area contributed by atoms with Gasteiger partial charge in [0.05, 0.1) is 23.9 Å². The van der Waals surface area contributed by atoms with E-state index in [1.165, 1.54) is 19.2 Å². The highest BCUT2D eigenvalue weighted by Crippen LogP contribution is 2.15. The molecule has 0 saturated heterocycles. The van der Waals surface area contributed by atoms with Gasteiger partial charge in [-0.3, -0.25) is 14.4 Å². The Morgan fingerprint density at radius 3 is 2.41 bits per heavy atom. The topological polar surface area (TPSA) is 111 Å². The summed E-state index contributed by atoms with van der Waals surface area (Å²) in [6.45, 7) is -1.32. The van der Waals surface area contributed by atoms with Crippen molar-refractivity contribution in [2.24, 2.45) is 0 Å². The zero-order chi connectivity index (χ0) is 21.4. The van der Waals surface area contributed by atoms with Gasteiger partial charge < -0.3 is 20.1 Å². The van der Waals surface area contributed by atoms with Gasteiger partial charge in [0.1, 0.15) is 18.2 Å². The van der Waals surface area contributed by atoms with Gasteiger partial charge in [0.25, 0.3) is 11.8 Å². The Morgan fingerprint density at radius 1 is 1.00 bits per heavy atom. The molecular weight excluding hydrogens is 390 g/mol. The van der Waals surface area contributed by atoms with Crippen molar-refractivity contribution < 1.29 is 37.4 Å². The van der Waals surface area contributed by atoms with Crippen molar-refractivity contribution in [3.63, 3.8) is 0 Å². The fourth-order valence-electron chi connectivity index (χ4n) is 2.18. The first-order chi connectivity index (χ1) is 13.8. The van der Waals surface area contributed by atoms with E-state index in [4.69, 9.17) is 4.74 Å². The smallest absolute Gasteiger partial charge is 0.339 e. The molecule has 10 heteroatoms. The molecule has 0 spiro atoms. The third-order valence-corrected chi connectivity index (χ3v) is 3.54. The molecular formula is C19H16F2N2O6. The van der Waals surface area contributed by atoms with E-state index in [-0.39, 0.29) is 11.3 Å². The van der Waals surface area contributed by atoms with Crippen LogP contribution in [0.25, 0.3) is 0 Å². The first-order valence-corrected chi connectivity index (χ1v) is 8.18. The van der Waals surface area contributed by atoms with Crippen LogP contribution in [0.5, 0.6) is 0 Å². The molecule has 29 heavy (non-hydrogen) atoms. The van der Waals surface area contributed by atoms with Crippen molar-refractivity contribution in [1.29, 1.82) is 0 Å². The quantitative estimate of drug-likeness (QED) is 0.677. The molecule has 0 aliphatic carbocycles. The number of ether oxygens (including phenoxy) is 2. The van der Waals surface area contributed by atoms with Crippen LogP contribution in [0.3, 0.4) is 0 Å². The zero-order valence-corrected chi connectivity index (χ0v) is 15.2. The largest absolute Gasteiger partial charge is 0.465 e. The summed E-state index contributed by atoms with van der Waals surface area (Å²) < 4.78 is 35.6. The number of carbonyl (C=O) groups is 4. The summed E-state index contributed by atoms with van der Waals surface area (Å²) in [5.74, 6) is -5.23. The first kappa shape index (κ1) is 21.5. The lowest BCUT2D eigenvalue weighted by Crippen LogP contribution is -2.32. The SMILES string of the molecule is COC(=O)c1ccccc1NC(=O)COC(=O)CNC(=O)c1ccc(F)cc1F. The Morgan fingerprint density at radius 2 is 1.72 bits per heavy atom. The molecule has 0 aromatic heterocycles. The Kier molecular flexibility index (Phi) is 7.35. The van der Waals surface area contributed by atoms with Crippen LogP contribution in [0.15, 0.2) is 42.5 Å². The van der Waals surface area contributed by atoms with E-state index in [1.807, 2.05) is 0 Å². The van der Waals surface area contributed by atoms with Gasteiger partial charge in [0.15, 0.2) is 6.61 Å². The Bertz CT molecular complexity index is 948. The van der Waals surface area contributed by atoms with Gasteiger partial charge >= 0.3 is 11.9 Å². The molecule has 0 aliphatic heterocycles. The van der Waals surface area contributed by atoms with E-state index in [1.54, 1.807) is 12.1 Å². The lowest BCUT2D eigenvalue weighted by Gasteiger charge is -2.10. The van der Waals surface area contributed by atoms with Gasteiger partial charge in [-0.05, 0) is 24.3 Å². The predicted octanol–water partition coefficient (Wildman–Crippen LogP) is 1.66. The molecule has 0 bridgehead atoms. The minimum atomic E-state index is -1.08. The average Bonchev–Trinajstić information content (AvgIpc) is 2.70. The highest BCUT2D eigenvalue weighted by molar-refractivity contribution is 6.02. The number of carbonyl (C=O) groups excluding carboxylic acids is 4. The molecule has 8 nitrogen and oxygen atoms in total. The van der Waals surface area contributed by atoms with Crippen LogP contribution in [0, 0.1) is 11.6 Å². The van der Waals surface area contributed by atoms with Crippen LogP contribution in [-0.2, 0) is 19.1 Å². The van der Waals surface area contributed by atoms with Crippen molar-refractivity contribution in [1.82, 2.24) is 5.32 Å². The van der Waals surface area contributed by atoms with Gasteiger partial charge in [-0.25, -0.2) is 13.6 Å². The van der Waals surface area contributed by atoms with Crippen molar-refractivity contribution in [2.45, 2.75) is 0 Å². The van der Waals surface area contributed by atoms with E-state index in [9.17, 15) is 28.0 Å². The maximum Gasteiger partial charge on any atom is 0.339 e. The van der Waals surface area contributed by atoms with Crippen LogP contribution in [0.4, 0.5) is 14.5 Å². The number of methoxy groups -OCH3 is 1. The molecule has 2 rings (SSSR count). The van der Waals surface area contributed by atoms with Crippen LogP contribution in [-0.4, -0.2) is 44.0 Å². The van der Waals surface area contributed by atoms with Gasteiger partial charge in [-0.1, -0.05) is 12.1 Å². The summed E-state index contributed by atoms with van der Waals surface area (Å²) in [7, 11) is 1.19. The summed E-state index contributed by atoms with van der Waals surface area (Å²) in [6.07, 6.45) is 0. The molecule has 0 unspecified atom stereocenters. The third kappa shape index (κ3) is 6.09. The number of rotatable bonds is 7. The number of hydrogen-bond acceptors (Lipinski definition) is 6. The van der Waals surface area contributed by atoms with Crippen molar-refractivity contribution in [3.8, 4) is 0 Å². The number of hydrogen-bond donors (Lipinski definition) is 2. The van der Waals surface area contributed by atoms with E-state index in [0.29, 0.717) is 6.07 Å². The second-order valence-corrected chi connectivity index (χ2v) is 5.55. The molecule has 2 aromatic rings. The Hall–Kier alpha value is -3.82. The molecule has 0 radical (unpaired) electrons. The number of esters is 2. The van der Waals surface area contributed by atoms with E-state index < -0.39 is 54.1 Å². The Balaban J connectivity index is 1.83. The molecule has 0 aliphatic rings. The fraction of sp³-hybridized carbons (Fsp3) is 0.158. The van der Waals surface area contributed by atoms with E-state index in [2.05, 4.69) is 15.4 Å². The standard InChI is InChI=1S/C19H16F2N2O6/c1-28-19(27)13-4-2-3-5-15(13)23-16(24)10-29-17(25)9-22-18(26)12-7-6-11(20)8-14(12)21/h2-8H,9-10H2,1H3,(H,22,26)(H,23,24). The summed E-state index contributed by atoms with van der Waals surface area (Å²) in [5.41, 5.74) is -0.167. The number of para-hydroxylation sites is 1. The predicted molar refractivity (Wildman–Crippen MR) is 96.1 cm³/mol. The van der Waals surface area contributed by atoms with Gasteiger partial charge in [-0.15, -0.1) is 0 Å². The Labute approximate surface area is 163 Å². The number of halogens is 2. The lowest BCUT2D eigenvalue weighted by molar-refractivity contribution is -0.146. The number of nitrogens with one attached hydrogen (secondary N) is 2. The fourth-order valence-corrected chi connectivity index (χ4v) is 2.18. The van der Waals surface area contributed by atoms with Crippen molar-refractivity contribution in [3.05, 3.63) is 65.2 Å².